The molecule has 0 aliphatic heterocycles. The van der Waals surface area contributed by atoms with Crippen LogP contribution in [-0.2, 0) is 4.79 Å². The minimum absolute atomic E-state index is 0.0757. The Morgan fingerprint density at radius 3 is 2.77 bits per heavy atom. The fraction of sp³-hybridized carbons (Fsp3) is 0.111. The van der Waals surface area contributed by atoms with Crippen LogP contribution in [0.3, 0.4) is 0 Å². The van der Waals surface area contributed by atoms with Gasteiger partial charge in [-0.2, -0.15) is 0 Å². The van der Waals surface area contributed by atoms with E-state index in [9.17, 15) is 19.7 Å². The number of carbonyl (C=O) groups excluding carboxylic acids is 1. The monoisotopic (exact) mass is 354 g/mol. The van der Waals surface area contributed by atoms with Gasteiger partial charge in [-0.05, 0) is 31.2 Å². The molecule has 0 saturated carbocycles. The molecule has 1 N–H and O–H groups in total. The Morgan fingerprint density at radius 2 is 2.00 bits per heavy atom. The number of fused-ring (bicyclic) bond motifs is 1. The van der Waals surface area contributed by atoms with Gasteiger partial charge in [0.15, 0.2) is 6.61 Å². The summed E-state index contributed by atoms with van der Waals surface area (Å²) in [6, 6.07) is 12.2. The second-order valence-corrected chi connectivity index (χ2v) is 5.50. The normalized spacial score (nSPS) is 10.5. The second-order valence-electron chi connectivity index (χ2n) is 5.50. The fourth-order valence-electron chi connectivity index (χ4n) is 2.42. The van der Waals surface area contributed by atoms with E-state index in [4.69, 9.17) is 9.15 Å². The van der Waals surface area contributed by atoms with E-state index in [1.807, 2.05) is 0 Å². The van der Waals surface area contributed by atoms with Gasteiger partial charge >= 0.3 is 5.63 Å². The predicted molar refractivity (Wildman–Crippen MR) is 94.4 cm³/mol. The number of hydrogen-bond donors (Lipinski definition) is 1. The van der Waals surface area contributed by atoms with Crippen LogP contribution in [-0.4, -0.2) is 17.4 Å². The molecule has 0 aliphatic rings. The van der Waals surface area contributed by atoms with E-state index in [-0.39, 0.29) is 12.3 Å². The molecule has 3 aromatic rings. The lowest BCUT2D eigenvalue weighted by Crippen LogP contribution is -2.20. The third kappa shape index (κ3) is 3.69. The van der Waals surface area contributed by atoms with Gasteiger partial charge in [0, 0.05) is 23.6 Å². The zero-order valence-corrected chi connectivity index (χ0v) is 13.7. The Bertz CT molecular complexity index is 1060. The summed E-state index contributed by atoms with van der Waals surface area (Å²) in [4.78, 5) is 33.7. The fourth-order valence-corrected chi connectivity index (χ4v) is 2.42. The number of amides is 1. The van der Waals surface area contributed by atoms with Crippen molar-refractivity contribution >= 4 is 28.3 Å². The predicted octanol–water partition coefficient (Wildman–Crippen LogP) is 3.03. The van der Waals surface area contributed by atoms with Crippen LogP contribution in [0.25, 0.3) is 11.0 Å². The number of anilines is 1. The van der Waals surface area contributed by atoms with Gasteiger partial charge in [0.05, 0.1) is 16.2 Å². The molecule has 8 heteroatoms. The molecule has 0 saturated heterocycles. The van der Waals surface area contributed by atoms with E-state index in [1.165, 1.54) is 24.3 Å². The average molecular weight is 354 g/mol. The highest BCUT2D eigenvalue weighted by Gasteiger charge is 2.15. The van der Waals surface area contributed by atoms with Crippen LogP contribution in [0.15, 0.2) is 57.7 Å². The summed E-state index contributed by atoms with van der Waals surface area (Å²) >= 11 is 0. The number of nitro groups is 1. The maximum atomic E-state index is 12.1. The van der Waals surface area contributed by atoms with Crippen molar-refractivity contribution in [1.82, 2.24) is 0 Å². The quantitative estimate of drug-likeness (QED) is 0.428. The number of nitrogens with one attached hydrogen (secondary N) is 1. The summed E-state index contributed by atoms with van der Waals surface area (Å²) in [5.74, 6) is -0.110. The van der Waals surface area contributed by atoms with Crippen molar-refractivity contribution in [2.45, 2.75) is 6.92 Å². The number of benzene rings is 2. The van der Waals surface area contributed by atoms with Gasteiger partial charge in [-0.3, -0.25) is 14.9 Å². The molecule has 0 bridgehead atoms. The molecule has 132 valence electrons. The third-order valence-electron chi connectivity index (χ3n) is 3.74. The lowest BCUT2D eigenvalue weighted by atomic mass is 10.1. The summed E-state index contributed by atoms with van der Waals surface area (Å²) < 4.78 is 10.5. The minimum atomic E-state index is -0.510. The number of carbonyl (C=O) groups is 1. The highest BCUT2D eigenvalue weighted by Crippen LogP contribution is 2.25. The smallest absolute Gasteiger partial charge is 0.336 e. The largest absolute Gasteiger partial charge is 0.484 e. The molecule has 26 heavy (non-hydrogen) atoms. The highest BCUT2D eigenvalue weighted by atomic mass is 16.6. The average Bonchev–Trinajstić information content (AvgIpc) is 2.61. The first-order valence-electron chi connectivity index (χ1n) is 7.64. The van der Waals surface area contributed by atoms with Gasteiger partial charge in [0.1, 0.15) is 11.3 Å². The maximum absolute atomic E-state index is 12.1. The molecule has 1 amide bonds. The van der Waals surface area contributed by atoms with Gasteiger partial charge in [0.2, 0.25) is 0 Å². The van der Waals surface area contributed by atoms with Crippen molar-refractivity contribution in [3.05, 3.63) is 74.6 Å². The highest BCUT2D eigenvalue weighted by molar-refractivity contribution is 5.93. The number of rotatable bonds is 5. The van der Waals surface area contributed by atoms with E-state index in [0.717, 1.165) is 5.39 Å². The molecule has 8 nitrogen and oxygen atoms in total. The zero-order valence-electron chi connectivity index (χ0n) is 13.7. The standard InChI is InChI=1S/C18H14N2O6/c1-11-14(3-2-4-15(11)20(23)24)19-17(21)10-25-13-7-5-12-6-8-18(22)26-16(12)9-13/h2-9H,10H2,1H3,(H,19,21). The van der Waals surface area contributed by atoms with Crippen molar-refractivity contribution in [3.63, 3.8) is 0 Å². The molecule has 0 spiro atoms. The molecule has 2 aromatic carbocycles. The van der Waals surface area contributed by atoms with Crippen LogP contribution in [0.5, 0.6) is 5.75 Å². The van der Waals surface area contributed by atoms with Gasteiger partial charge in [-0.15, -0.1) is 0 Å². The van der Waals surface area contributed by atoms with E-state index in [2.05, 4.69) is 5.32 Å². The summed E-state index contributed by atoms with van der Waals surface area (Å²) in [5, 5.41) is 14.2. The number of hydrogen-bond acceptors (Lipinski definition) is 6. The summed E-state index contributed by atoms with van der Waals surface area (Å²) in [7, 11) is 0. The molecule has 0 radical (unpaired) electrons. The Morgan fingerprint density at radius 1 is 1.23 bits per heavy atom. The van der Waals surface area contributed by atoms with Crippen LogP contribution >= 0.6 is 0 Å². The molecule has 1 aromatic heterocycles. The third-order valence-corrected chi connectivity index (χ3v) is 3.74. The first kappa shape index (κ1) is 17.2. The van der Waals surface area contributed by atoms with Gasteiger partial charge < -0.3 is 14.5 Å². The van der Waals surface area contributed by atoms with Crippen LogP contribution in [0, 0.1) is 17.0 Å². The van der Waals surface area contributed by atoms with E-state index >= 15 is 0 Å². The van der Waals surface area contributed by atoms with Gasteiger partial charge in [-0.1, -0.05) is 6.07 Å². The summed E-state index contributed by atoms with van der Waals surface area (Å²) in [6.07, 6.45) is 0. The van der Waals surface area contributed by atoms with E-state index in [1.54, 1.807) is 31.2 Å². The maximum Gasteiger partial charge on any atom is 0.336 e. The van der Waals surface area contributed by atoms with Crippen LogP contribution in [0.1, 0.15) is 5.56 Å². The van der Waals surface area contributed by atoms with Crippen molar-refractivity contribution in [2.24, 2.45) is 0 Å². The first-order valence-corrected chi connectivity index (χ1v) is 7.64. The molecule has 3 rings (SSSR count). The number of nitrogens with zero attached hydrogens (tertiary/aromatic N) is 1. The summed E-state index contributed by atoms with van der Waals surface area (Å²) in [6.45, 7) is 1.25. The Balaban J connectivity index is 1.69. The molecule has 1 heterocycles. The minimum Gasteiger partial charge on any atom is -0.484 e. The summed E-state index contributed by atoms with van der Waals surface area (Å²) in [5.41, 5.74) is 0.502. The molecular formula is C18H14N2O6. The van der Waals surface area contributed by atoms with Crippen LogP contribution in [0.2, 0.25) is 0 Å². The molecule has 0 unspecified atom stereocenters. The molecule has 0 atom stereocenters. The van der Waals surface area contributed by atoms with Crippen molar-refractivity contribution in [1.29, 1.82) is 0 Å². The van der Waals surface area contributed by atoms with E-state index < -0.39 is 16.5 Å². The van der Waals surface area contributed by atoms with Crippen LogP contribution in [0.4, 0.5) is 11.4 Å². The Labute approximate surface area is 147 Å². The van der Waals surface area contributed by atoms with E-state index in [0.29, 0.717) is 22.6 Å². The second kappa shape index (κ2) is 7.06. The molecular weight excluding hydrogens is 340 g/mol. The molecule has 0 fully saturated rings. The number of nitro benzene ring substituents is 1. The molecule has 0 aliphatic carbocycles. The van der Waals surface area contributed by atoms with Gasteiger partial charge in [-0.25, -0.2) is 4.79 Å². The lowest BCUT2D eigenvalue weighted by Gasteiger charge is -2.10. The SMILES string of the molecule is Cc1c(NC(=O)COc2ccc3ccc(=O)oc3c2)cccc1[N+](=O)[O-]. The van der Waals surface area contributed by atoms with Crippen molar-refractivity contribution in [2.75, 3.05) is 11.9 Å². The lowest BCUT2D eigenvalue weighted by molar-refractivity contribution is -0.385. The first-order chi connectivity index (χ1) is 12.4. The van der Waals surface area contributed by atoms with Crippen molar-refractivity contribution in [3.8, 4) is 5.75 Å². The Kier molecular flexibility index (Phi) is 4.66. The van der Waals surface area contributed by atoms with Gasteiger partial charge in [0.25, 0.3) is 11.6 Å². The number of ether oxygens (including phenoxy) is 1. The Hall–Kier alpha value is -3.68. The zero-order chi connectivity index (χ0) is 18.7. The van der Waals surface area contributed by atoms with Crippen molar-refractivity contribution < 1.29 is 18.9 Å². The van der Waals surface area contributed by atoms with Crippen LogP contribution < -0.4 is 15.7 Å². The topological polar surface area (TPSA) is 112 Å².